The van der Waals surface area contributed by atoms with Crippen LogP contribution in [0.3, 0.4) is 0 Å². The molecule has 0 N–H and O–H groups in total. The topological polar surface area (TPSA) is 27.3 Å². The van der Waals surface area contributed by atoms with Crippen LogP contribution in [0.5, 0.6) is 11.5 Å². The van der Waals surface area contributed by atoms with Gasteiger partial charge in [-0.2, -0.15) is 0 Å². The summed E-state index contributed by atoms with van der Waals surface area (Å²) in [6.45, 7) is 0. The first-order chi connectivity index (χ1) is 30.7. The van der Waals surface area contributed by atoms with Crippen LogP contribution >= 0.6 is 0 Å². The number of hydrogen-bond acceptors (Lipinski definition) is 2. The van der Waals surface area contributed by atoms with Crippen LogP contribution in [0.15, 0.2) is 217 Å². The summed E-state index contributed by atoms with van der Waals surface area (Å²) in [6, 6.07) is 77.5. The molecule has 1 aliphatic heterocycles. The van der Waals surface area contributed by atoms with E-state index in [1.807, 2.05) is 12.1 Å². The number of aromatic nitrogens is 1. The predicted molar refractivity (Wildman–Crippen MR) is 254 cm³/mol. The molecule has 0 saturated carbocycles. The Morgan fingerprint density at radius 2 is 0.903 bits per heavy atom. The molecule has 62 heavy (non-hydrogen) atoms. The Kier molecular flexibility index (Phi) is 6.76. The summed E-state index contributed by atoms with van der Waals surface area (Å²) in [5, 5.41) is 7.14. The van der Waals surface area contributed by atoms with E-state index in [4.69, 9.17) is 9.15 Å². The Morgan fingerprint density at radius 3 is 1.68 bits per heavy atom. The summed E-state index contributed by atoms with van der Waals surface area (Å²) >= 11 is 0. The van der Waals surface area contributed by atoms with Gasteiger partial charge in [-0.1, -0.05) is 152 Å². The molecule has 0 amide bonds. The Labute approximate surface area is 357 Å². The molecule has 2 aliphatic rings. The number of fused-ring (bicyclic) bond motifs is 16. The van der Waals surface area contributed by atoms with Gasteiger partial charge in [0.15, 0.2) is 0 Å². The highest BCUT2D eigenvalue weighted by atomic mass is 16.5. The third-order valence-electron chi connectivity index (χ3n) is 13.6. The van der Waals surface area contributed by atoms with Crippen LogP contribution in [0, 0.1) is 0 Å². The van der Waals surface area contributed by atoms with Crippen LogP contribution in [-0.4, -0.2) is 4.57 Å². The highest BCUT2D eigenvalue weighted by molar-refractivity contribution is 6.12. The number of ether oxygens (including phenoxy) is 1. The summed E-state index contributed by atoms with van der Waals surface area (Å²) in [7, 11) is 0. The maximum Gasteiger partial charge on any atom is 0.135 e. The fraction of sp³-hybridized carbons (Fsp3) is 0.0169. The van der Waals surface area contributed by atoms with Gasteiger partial charge in [-0.15, -0.1) is 0 Å². The molecule has 12 aromatic rings. The molecule has 0 saturated heterocycles. The van der Waals surface area contributed by atoms with Crippen LogP contribution in [-0.2, 0) is 5.41 Å². The zero-order valence-corrected chi connectivity index (χ0v) is 33.5. The van der Waals surface area contributed by atoms with E-state index in [-0.39, 0.29) is 0 Å². The van der Waals surface area contributed by atoms with Crippen molar-refractivity contribution >= 4 is 54.5 Å². The van der Waals surface area contributed by atoms with Crippen LogP contribution in [0.1, 0.15) is 22.3 Å². The number of hydrogen-bond donors (Lipinski definition) is 0. The van der Waals surface area contributed by atoms with Crippen molar-refractivity contribution in [2.75, 3.05) is 0 Å². The molecule has 0 radical (unpaired) electrons. The van der Waals surface area contributed by atoms with Gasteiger partial charge < -0.3 is 13.7 Å². The number of nitrogens with zero attached hydrogens (tertiary/aromatic N) is 1. The van der Waals surface area contributed by atoms with Crippen molar-refractivity contribution in [3.63, 3.8) is 0 Å². The molecule has 0 fully saturated rings. The average Bonchev–Trinajstić information content (AvgIpc) is 3.97. The van der Waals surface area contributed by atoms with Crippen molar-refractivity contribution in [1.29, 1.82) is 0 Å². The number of rotatable bonds is 3. The zero-order valence-electron chi connectivity index (χ0n) is 33.5. The van der Waals surface area contributed by atoms with Gasteiger partial charge in [0.2, 0.25) is 0 Å². The van der Waals surface area contributed by atoms with Gasteiger partial charge in [0.1, 0.15) is 22.7 Å². The molecule has 3 heteroatoms. The minimum atomic E-state index is -0.528. The quantitative estimate of drug-likeness (QED) is 0.178. The molecule has 0 atom stereocenters. The minimum absolute atomic E-state index is 0.528. The highest BCUT2D eigenvalue weighted by Crippen LogP contribution is 2.62. The van der Waals surface area contributed by atoms with E-state index in [1.165, 1.54) is 77.1 Å². The SMILES string of the molecule is c1ccc2c(c1)Oc1ccccc1C21c2ccccc2-c2ccc(-c3ccc4c5ccc(-c6ccc7oc8ccccc8c7c6)cc5n(-c5ccc6ccccc6c5)c4c3)cc21. The summed E-state index contributed by atoms with van der Waals surface area (Å²) in [4.78, 5) is 0. The average molecular weight is 790 g/mol. The Balaban J connectivity index is 0.998. The molecule has 0 unspecified atom stereocenters. The minimum Gasteiger partial charge on any atom is -0.457 e. The Hall–Kier alpha value is -8.14. The van der Waals surface area contributed by atoms with Gasteiger partial charge in [0.25, 0.3) is 0 Å². The van der Waals surface area contributed by atoms with Gasteiger partial charge in [-0.25, -0.2) is 0 Å². The van der Waals surface area contributed by atoms with Gasteiger partial charge in [-0.05, 0) is 116 Å². The third kappa shape index (κ3) is 4.54. The fourth-order valence-corrected chi connectivity index (χ4v) is 10.9. The number of benzene rings is 10. The Bertz CT molecular complexity index is 3820. The van der Waals surface area contributed by atoms with Gasteiger partial charge in [0, 0.05) is 38.4 Å². The maximum absolute atomic E-state index is 6.63. The standard InChI is InChI=1S/C59H35NO2/c1-2-12-37-31-42(26-21-36(37)11-1)60-53-34-40(38-25-30-56-48(32-38)47-14-4-8-18-55(47)61-56)23-28-45(53)46-29-24-41(35-54(46)60)39-22-27-44-43-13-3-5-15-49(43)59(52(44)33-39)50-16-6-9-19-57(50)62-58-20-10-7-17-51(58)59/h1-35H. The van der Waals surface area contributed by atoms with Crippen molar-refractivity contribution < 1.29 is 9.15 Å². The molecule has 3 heterocycles. The first-order valence-corrected chi connectivity index (χ1v) is 21.3. The van der Waals surface area contributed by atoms with Crippen molar-refractivity contribution in [3.8, 4) is 50.6 Å². The van der Waals surface area contributed by atoms with Crippen LogP contribution < -0.4 is 4.74 Å². The lowest BCUT2D eigenvalue weighted by Crippen LogP contribution is -2.32. The van der Waals surface area contributed by atoms with Gasteiger partial charge >= 0.3 is 0 Å². The summed E-state index contributed by atoms with van der Waals surface area (Å²) < 4.78 is 15.3. The maximum atomic E-state index is 6.63. The number of para-hydroxylation sites is 3. The molecule has 288 valence electrons. The van der Waals surface area contributed by atoms with Gasteiger partial charge in [-0.3, -0.25) is 0 Å². The van der Waals surface area contributed by atoms with Crippen molar-refractivity contribution in [2.24, 2.45) is 0 Å². The first kappa shape index (κ1) is 33.7. The van der Waals surface area contributed by atoms with Crippen molar-refractivity contribution in [3.05, 3.63) is 235 Å². The van der Waals surface area contributed by atoms with Crippen LogP contribution in [0.2, 0.25) is 0 Å². The molecule has 1 aliphatic carbocycles. The van der Waals surface area contributed by atoms with E-state index in [0.29, 0.717) is 0 Å². The second-order valence-corrected chi connectivity index (χ2v) is 16.8. The lowest BCUT2D eigenvalue weighted by atomic mass is 9.66. The van der Waals surface area contributed by atoms with Crippen LogP contribution in [0.25, 0.3) is 93.6 Å². The second-order valence-electron chi connectivity index (χ2n) is 16.8. The predicted octanol–water partition coefficient (Wildman–Crippen LogP) is 15.6. The summed E-state index contributed by atoms with van der Waals surface area (Å²) in [5.41, 5.74) is 16.9. The van der Waals surface area contributed by atoms with E-state index < -0.39 is 5.41 Å². The van der Waals surface area contributed by atoms with Crippen molar-refractivity contribution in [1.82, 2.24) is 4.57 Å². The summed E-state index contributed by atoms with van der Waals surface area (Å²) in [5.74, 6) is 1.80. The fourth-order valence-electron chi connectivity index (χ4n) is 10.9. The molecule has 10 aromatic carbocycles. The number of furan rings is 1. The van der Waals surface area contributed by atoms with E-state index in [0.717, 1.165) is 50.3 Å². The third-order valence-corrected chi connectivity index (χ3v) is 13.6. The van der Waals surface area contributed by atoms with Gasteiger partial charge in [0.05, 0.1) is 16.4 Å². The molecular formula is C59H35NO2. The Morgan fingerprint density at radius 1 is 0.339 bits per heavy atom. The molecule has 0 bridgehead atoms. The van der Waals surface area contributed by atoms with E-state index >= 15 is 0 Å². The molecule has 2 aromatic heterocycles. The normalized spacial score (nSPS) is 13.4. The monoisotopic (exact) mass is 789 g/mol. The van der Waals surface area contributed by atoms with Crippen molar-refractivity contribution in [2.45, 2.75) is 5.41 Å². The molecule has 3 nitrogen and oxygen atoms in total. The second kappa shape index (κ2) is 12.4. The largest absolute Gasteiger partial charge is 0.457 e. The van der Waals surface area contributed by atoms with E-state index in [2.05, 4.69) is 205 Å². The summed E-state index contributed by atoms with van der Waals surface area (Å²) in [6.07, 6.45) is 0. The highest BCUT2D eigenvalue weighted by Gasteiger charge is 2.51. The molecule has 1 spiro atoms. The molecular weight excluding hydrogens is 755 g/mol. The molecule has 14 rings (SSSR count). The van der Waals surface area contributed by atoms with Crippen LogP contribution in [0.4, 0.5) is 0 Å². The first-order valence-electron chi connectivity index (χ1n) is 21.3. The smallest absolute Gasteiger partial charge is 0.135 e. The van der Waals surface area contributed by atoms with E-state index in [9.17, 15) is 0 Å². The lowest BCUT2D eigenvalue weighted by Gasteiger charge is -2.39. The van der Waals surface area contributed by atoms with E-state index in [1.54, 1.807) is 0 Å². The zero-order chi connectivity index (χ0) is 40.5. The lowest BCUT2D eigenvalue weighted by molar-refractivity contribution is 0.436.